The highest BCUT2D eigenvalue weighted by Crippen LogP contribution is 2.10. The van der Waals surface area contributed by atoms with E-state index < -0.39 is 10.8 Å². The van der Waals surface area contributed by atoms with Crippen molar-refractivity contribution in [3.63, 3.8) is 0 Å². The molecule has 1 fully saturated rings. The van der Waals surface area contributed by atoms with Crippen LogP contribution < -0.4 is 5.32 Å². The molecule has 0 radical (unpaired) electrons. The van der Waals surface area contributed by atoms with Crippen LogP contribution in [-0.4, -0.2) is 30.5 Å². The van der Waals surface area contributed by atoms with Crippen LogP contribution in [0.5, 0.6) is 0 Å². The summed E-state index contributed by atoms with van der Waals surface area (Å²) in [4.78, 5) is 14.6. The first-order valence-electron chi connectivity index (χ1n) is 3.72. The van der Waals surface area contributed by atoms with Gasteiger partial charge >= 0.3 is 5.97 Å². The van der Waals surface area contributed by atoms with Crippen LogP contribution in [0.4, 0.5) is 0 Å². The van der Waals surface area contributed by atoms with E-state index in [1.165, 1.54) is 6.92 Å². The predicted molar refractivity (Wildman–Crippen MR) is 42.3 cm³/mol. The molecule has 1 N–H and O–H groups in total. The van der Waals surface area contributed by atoms with E-state index in [0.29, 0.717) is 6.54 Å². The lowest BCUT2D eigenvalue weighted by molar-refractivity contribution is -1.04. The van der Waals surface area contributed by atoms with E-state index in [0.717, 1.165) is 0 Å². The molecule has 1 heterocycles. The summed E-state index contributed by atoms with van der Waals surface area (Å²) in [5.41, 5.74) is 0.246. The molecule has 1 atom stereocenters. The van der Waals surface area contributed by atoms with Gasteiger partial charge in [0.05, 0.1) is 6.54 Å². The molecule has 0 aliphatic carbocycles. The monoisotopic (exact) mass is 172 g/mol. The Hall–Kier alpha value is -0.910. The van der Waals surface area contributed by atoms with E-state index >= 15 is 0 Å². The van der Waals surface area contributed by atoms with Gasteiger partial charge in [0.25, 0.3) is 0 Å². The van der Waals surface area contributed by atoms with Gasteiger partial charge in [-0.15, -0.1) is 4.81 Å². The minimum absolute atomic E-state index is 0.124. The molecule has 12 heavy (non-hydrogen) atoms. The molecule has 0 spiro atoms. The van der Waals surface area contributed by atoms with Gasteiger partial charge < -0.3 is 5.21 Å². The van der Waals surface area contributed by atoms with Crippen LogP contribution in [0.2, 0.25) is 0 Å². The molecule has 0 saturated carbocycles. The SMILES string of the molecule is C=C(C)C(=O)O[N+]1([O-])CCNC1. The Balaban J connectivity index is 2.49. The zero-order chi connectivity index (χ0) is 9.19. The van der Waals surface area contributed by atoms with Crippen molar-refractivity contribution in [1.29, 1.82) is 0 Å². The van der Waals surface area contributed by atoms with E-state index in [1.807, 2.05) is 0 Å². The number of rotatable bonds is 2. The highest BCUT2D eigenvalue weighted by molar-refractivity contribution is 5.86. The average molecular weight is 172 g/mol. The lowest BCUT2D eigenvalue weighted by Crippen LogP contribution is -2.42. The van der Waals surface area contributed by atoms with Crippen LogP contribution in [0.15, 0.2) is 12.2 Å². The fraction of sp³-hybridized carbons (Fsp3) is 0.571. The summed E-state index contributed by atoms with van der Waals surface area (Å²) < 4.78 is 0. The van der Waals surface area contributed by atoms with Gasteiger partial charge in [0.2, 0.25) is 0 Å². The molecule has 1 rings (SSSR count). The van der Waals surface area contributed by atoms with Gasteiger partial charge in [-0.05, 0) is 6.92 Å². The van der Waals surface area contributed by atoms with E-state index in [9.17, 15) is 10.0 Å². The van der Waals surface area contributed by atoms with E-state index in [2.05, 4.69) is 16.7 Å². The summed E-state index contributed by atoms with van der Waals surface area (Å²) in [5.74, 6) is -0.631. The largest absolute Gasteiger partial charge is 0.588 e. The van der Waals surface area contributed by atoms with E-state index in [1.54, 1.807) is 0 Å². The predicted octanol–water partition coefficient (Wildman–Crippen LogP) is -0.104. The van der Waals surface area contributed by atoms with E-state index in [4.69, 9.17) is 0 Å². The van der Waals surface area contributed by atoms with Crippen molar-refractivity contribution >= 4 is 5.97 Å². The van der Waals surface area contributed by atoms with Gasteiger partial charge in [-0.3, -0.25) is 10.2 Å². The van der Waals surface area contributed by atoms with Crippen molar-refractivity contribution in [2.45, 2.75) is 6.92 Å². The second-order valence-electron chi connectivity index (χ2n) is 2.86. The third-order valence-corrected chi connectivity index (χ3v) is 1.58. The third kappa shape index (κ3) is 2.04. The number of hydrogen-bond donors (Lipinski definition) is 1. The van der Waals surface area contributed by atoms with Crippen LogP contribution in [0.25, 0.3) is 0 Å². The van der Waals surface area contributed by atoms with Crippen LogP contribution in [0.1, 0.15) is 6.92 Å². The highest BCUT2D eigenvalue weighted by atomic mass is 16.9. The van der Waals surface area contributed by atoms with Crippen molar-refractivity contribution in [1.82, 2.24) is 5.32 Å². The first-order chi connectivity index (χ1) is 5.53. The fourth-order valence-electron chi connectivity index (χ4n) is 0.885. The Morgan fingerprint density at radius 2 is 2.42 bits per heavy atom. The van der Waals surface area contributed by atoms with Gasteiger partial charge in [-0.25, -0.2) is 4.79 Å². The molecule has 0 aromatic rings. The smallest absolute Gasteiger partial charge is 0.393 e. The maximum atomic E-state index is 11.4. The van der Waals surface area contributed by atoms with Crippen molar-refractivity contribution in [2.75, 3.05) is 19.8 Å². The standard InChI is InChI=1S/C7H12N2O3/c1-6(2)7(10)12-9(11)4-3-8-5-9/h8H,1,3-5H2,2H3. The Morgan fingerprint density at radius 1 is 1.75 bits per heavy atom. The Morgan fingerprint density at radius 3 is 2.83 bits per heavy atom. The Kier molecular flexibility index (Phi) is 2.46. The highest BCUT2D eigenvalue weighted by Gasteiger charge is 2.28. The zero-order valence-corrected chi connectivity index (χ0v) is 7.00. The van der Waals surface area contributed by atoms with Gasteiger partial charge in [-0.2, -0.15) is 0 Å². The van der Waals surface area contributed by atoms with Crippen molar-refractivity contribution < 1.29 is 14.4 Å². The zero-order valence-electron chi connectivity index (χ0n) is 7.00. The van der Waals surface area contributed by atoms with Gasteiger partial charge in [0.1, 0.15) is 6.54 Å². The molecule has 1 aliphatic heterocycles. The molecular formula is C7H12N2O3. The molecule has 0 amide bonds. The van der Waals surface area contributed by atoms with E-state index in [-0.39, 0.29) is 18.8 Å². The number of hydroxylamine groups is 4. The molecule has 1 saturated heterocycles. The van der Waals surface area contributed by atoms with Gasteiger partial charge in [0.15, 0.2) is 6.67 Å². The molecule has 5 heteroatoms. The summed E-state index contributed by atoms with van der Waals surface area (Å²) in [5, 5.41) is 14.2. The number of nitrogens with one attached hydrogen (secondary N) is 1. The quantitative estimate of drug-likeness (QED) is 0.359. The molecule has 0 aromatic heterocycles. The molecule has 68 valence electrons. The molecule has 0 aromatic carbocycles. The van der Waals surface area contributed by atoms with Crippen molar-refractivity contribution in [3.8, 4) is 0 Å². The first kappa shape index (κ1) is 9.18. The average Bonchev–Trinajstić information content (AvgIpc) is 2.35. The topological polar surface area (TPSA) is 61.4 Å². The molecule has 0 bridgehead atoms. The Bertz CT molecular complexity index is 209. The molecule has 1 unspecified atom stereocenters. The number of nitrogens with zero attached hydrogens (tertiary/aromatic N) is 1. The van der Waals surface area contributed by atoms with Crippen LogP contribution in [-0.2, 0) is 9.63 Å². The van der Waals surface area contributed by atoms with Crippen molar-refractivity contribution in [3.05, 3.63) is 17.4 Å². The normalized spacial score (nSPS) is 28.5. The summed E-state index contributed by atoms with van der Waals surface area (Å²) in [6.45, 7) is 5.86. The summed E-state index contributed by atoms with van der Waals surface area (Å²) in [6, 6.07) is 0. The molecular weight excluding hydrogens is 160 g/mol. The second-order valence-corrected chi connectivity index (χ2v) is 2.86. The number of hydrogen-bond acceptors (Lipinski definition) is 4. The minimum atomic E-state index is -0.939. The van der Waals surface area contributed by atoms with Crippen LogP contribution in [0, 0.1) is 5.21 Å². The number of carbonyl (C=O) groups excluding carboxylic acids is 1. The van der Waals surface area contributed by atoms with Gasteiger partial charge in [-0.1, -0.05) is 6.58 Å². The summed E-state index contributed by atoms with van der Waals surface area (Å²) in [6.07, 6.45) is 0. The number of quaternary nitrogens is 1. The minimum Gasteiger partial charge on any atom is -0.588 e. The molecule has 1 aliphatic rings. The van der Waals surface area contributed by atoms with Crippen molar-refractivity contribution in [2.24, 2.45) is 0 Å². The maximum absolute atomic E-state index is 11.4. The lowest BCUT2D eigenvalue weighted by atomic mass is 10.4. The second kappa shape index (κ2) is 3.22. The summed E-state index contributed by atoms with van der Waals surface area (Å²) in [7, 11) is 0. The van der Waals surface area contributed by atoms with Gasteiger partial charge in [0, 0.05) is 5.57 Å². The summed E-state index contributed by atoms with van der Waals surface area (Å²) >= 11 is 0. The maximum Gasteiger partial charge on any atom is 0.393 e. The van der Waals surface area contributed by atoms with Crippen LogP contribution >= 0.6 is 0 Å². The third-order valence-electron chi connectivity index (χ3n) is 1.58. The molecule has 5 nitrogen and oxygen atoms in total. The van der Waals surface area contributed by atoms with Crippen LogP contribution in [0.3, 0.4) is 0 Å². The fourth-order valence-corrected chi connectivity index (χ4v) is 0.885. The first-order valence-corrected chi connectivity index (χ1v) is 3.72. The lowest BCUT2D eigenvalue weighted by Gasteiger charge is -2.32. The number of carbonyl (C=O) groups is 1. The Labute approximate surface area is 70.7 Å².